The smallest absolute Gasteiger partial charge is 0.269 e. The molecule has 0 radical (unpaired) electrons. The lowest BCUT2D eigenvalue weighted by molar-refractivity contribution is -0.384. The number of carbonyl (C=O) groups is 1. The van der Waals surface area contributed by atoms with Crippen LogP contribution in [0.5, 0.6) is 0 Å². The van der Waals surface area contributed by atoms with E-state index in [9.17, 15) is 14.9 Å². The molecule has 8 nitrogen and oxygen atoms in total. The molecule has 0 saturated heterocycles. The van der Waals surface area contributed by atoms with Crippen LogP contribution in [-0.2, 0) is 11.2 Å². The van der Waals surface area contributed by atoms with Gasteiger partial charge >= 0.3 is 0 Å². The highest BCUT2D eigenvalue weighted by Crippen LogP contribution is 2.28. The van der Waals surface area contributed by atoms with Crippen LogP contribution < -0.4 is 0 Å². The third-order valence-corrected chi connectivity index (χ3v) is 4.95. The Morgan fingerprint density at radius 2 is 2.04 bits per heavy atom. The largest absolute Gasteiger partial charge is 0.342 e. The highest BCUT2D eigenvalue weighted by Gasteiger charge is 2.29. The van der Waals surface area contributed by atoms with Gasteiger partial charge in [0, 0.05) is 43.1 Å². The van der Waals surface area contributed by atoms with Gasteiger partial charge in [0.1, 0.15) is 0 Å². The molecule has 1 aliphatic carbocycles. The van der Waals surface area contributed by atoms with E-state index in [2.05, 4.69) is 17.1 Å². The Balaban J connectivity index is 1.61. The number of benzene rings is 1. The summed E-state index contributed by atoms with van der Waals surface area (Å²) in [5.41, 5.74) is 0.674. The molecular formula is C19H24N4O4. The Kier molecular flexibility index (Phi) is 6.16. The zero-order valence-electron chi connectivity index (χ0n) is 15.5. The summed E-state index contributed by atoms with van der Waals surface area (Å²) in [5.74, 6) is 1.28. The molecule has 2 aromatic rings. The molecule has 0 bridgehead atoms. The van der Waals surface area contributed by atoms with E-state index in [-0.39, 0.29) is 17.5 Å². The zero-order valence-corrected chi connectivity index (χ0v) is 15.5. The van der Waals surface area contributed by atoms with E-state index in [0.717, 1.165) is 38.6 Å². The summed E-state index contributed by atoms with van der Waals surface area (Å²) < 4.78 is 5.30. The Bertz CT molecular complexity index is 783. The minimum atomic E-state index is -0.449. The van der Waals surface area contributed by atoms with E-state index in [4.69, 9.17) is 4.52 Å². The fourth-order valence-corrected chi connectivity index (χ4v) is 3.03. The second-order valence-electron chi connectivity index (χ2n) is 6.87. The molecule has 0 aliphatic heterocycles. The molecular weight excluding hydrogens is 348 g/mol. The average Bonchev–Trinajstić information content (AvgIpc) is 3.09. The second-order valence-corrected chi connectivity index (χ2v) is 6.87. The van der Waals surface area contributed by atoms with Gasteiger partial charge in [0.25, 0.3) is 5.69 Å². The van der Waals surface area contributed by atoms with Gasteiger partial charge in [-0.3, -0.25) is 14.9 Å². The quantitative estimate of drug-likeness (QED) is 0.492. The van der Waals surface area contributed by atoms with Crippen LogP contribution in [0.25, 0.3) is 11.4 Å². The monoisotopic (exact) mass is 372 g/mol. The van der Waals surface area contributed by atoms with Gasteiger partial charge in [-0.05, 0) is 31.4 Å². The highest BCUT2D eigenvalue weighted by atomic mass is 16.6. The maximum atomic E-state index is 12.6. The number of aromatic nitrogens is 2. The van der Waals surface area contributed by atoms with Crippen molar-refractivity contribution in [3.8, 4) is 11.4 Å². The molecule has 0 atom stereocenters. The number of non-ortho nitro benzene ring substituents is 1. The van der Waals surface area contributed by atoms with Gasteiger partial charge in [-0.2, -0.15) is 4.98 Å². The molecule has 8 heteroatoms. The number of carbonyl (C=O) groups excluding carboxylic acids is 1. The Morgan fingerprint density at radius 3 is 2.63 bits per heavy atom. The number of unbranched alkanes of at least 4 members (excludes halogenated alkanes) is 1. The van der Waals surface area contributed by atoms with Crippen molar-refractivity contribution in [2.45, 2.75) is 45.4 Å². The van der Waals surface area contributed by atoms with Crippen molar-refractivity contribution in [3.63, 3.8) is 0 Å². The van der Waals surface area contributed by atoms with Crippen molar-refractivity contribution in [2.24, 2.45) is 5.92 Å². The Hall–Kier alpha value is -2.77. The van der Waals surface area contributed by atoms with Crippen LogP contribution in [0.2, 0.25) is 0 Å². The van der Waals surface area contributed by atoms with Crippen molar-refractivity contribution in [1.29, 1.82) is 0 Å². The van der Waals surface area contributed by atoms with Crippen LogP contribution in [-0.4, -0.2) is 39.0 Å². The summed E-state index contributed by atoms with van der Waals surface area (Å²) in [4.78, 5) is 29.1. The maximum absolute atomic E-state index is 12.6. The summed E-state index contributed by atoms with van der Waals surface area (Å²) in [5, 5.41) is 14.7. The SMILES string of the molecule is CCCCN(CCc1nc(-c2ccc([N+](=O)[O-])cc2)no1)C(=O)C1CCC1. The molecule has 0 unspecified atom stereocenters. The van der Waals surface area contributed by atoms with E-state index in [0.29, 0.717) is 30.2 Å². The number of nitrogens with zero attached hydrogens (tertiary/aromatic N) is 4. The number of hydrogen-bond donors (Lipinski definition) is 0. The Morgan fingerprint density at radius 1 is 1.30 bits per heavy atom. The first-order valence-corrected chi connectivity index (χ1v) is 9.44. The first kappa shape index (κ1) is 19.0. The zero-order chi connectivity index (χ0) is 19.2. The molecule has 1 fully saturated rings. The van der Waals surface area contributed by atoms with E-state index in [1.54, 1.807) is 12.1 Å². The maximum Gasteiger partial charge on any atom is 0.269 e. The lowest BCUT2D eigenvalue weighted by Crippen LogP contribution is -2.40. The average molecular weight is 372 g/mol. The van der Waals surface area contributed by atoms with E-state index >= 15 is 0 Å². The molecule has 1 heterocycles. The normalized spacial score (nSPS) is 14.0. The molecule has 1 saturated carbocycles. The summed E-state index contributed by atoms with van der Waals surface area (Å²) in [7, 11) is 0. The Labute approximate surface area is 157 Å². The van der Waals surface area contributed by atoms with Crippen LogP contribution in [0.1, 0.15) is 44.9 Å². The van der Waals surface area contributed by atoms with E-state index < -0.39 is 4.92 Å². The first-order chi connectivity index (χ1) is 13.1. The predicted molar refractivity (Wildman–Crippen MR) is 98.9 cm³/mol. The summed E-state index contributed by atoms with van der Waals surface area (Å²) >= 11 is 0. The standard InChI is InChI=1S/C19H24N4O4/c1-2-3-12-22(19(24)15-5-4-6-15)13-11-17-20-18(21-27-17)14-7-9-16(10-8-14)23(25)26/h7-10,15H,2-6,11-13H2,1H3. The highest BCUT2D eigenvalue weighted by molar-refractivity contribution is 5.79. The minimum absolute atomic E-state index is 0.0172. The number of amides is 1. The van der Waals surface area contributed by atoms with Crippen LogP contribution in [0, 0.1) is 16.0 Å². The number of hydrogen-bond acceptors (Lipinski definition) is 6. The molecule has 0 spiro atoms. The van der Waals surface area contributed by atoms with Crippen LogP contribution in [0.15, 0.2) is 28.8 Å². The number of rotatable bonds is 9. The van der Waals surface area contributed by atoms with Gasteiger partial charge in [-0.1, -0.05) is 24.9 Å². The first-order valence-electron chi connectivity index (χ1n) is 9.44. The van der Waals surface area contributed by atoms with Gasteiger partial charge in [-0.25, -0.2) is 0 Å². The molecule has 27 heavy (non-hydrogen) atoms. The third-order valence-electron chi connectivity index (χ3n) is 4.95. The molecule has 3 rings (SSSR count). The van der Waals surface area contributed by atoms with E-state index in [1.165, 1.54) is 12.1 Å². The molecule has 1 aromatic heterocycles. The summed E-state index contributed by atoms with van der Waals surface area (Å²) in [6.45, 7) is 3.44. The molecule has 1 amide bonds. The second kappa shape index (κ2) is 8.75. The van der Waals surface area contributed by atoms with Crippen molar-refractivity contribution < 1.29 is 14.2 Å². The fraction of sp³-hybridized carbons (Fsp3) is 0.526. The lowest BCUT2D eigenvalue weighted by atomic mass is 9.84. The van der Waals surface area contributed by atoms with Gasteiger partial charge < -0.3 is 9.42 Å². The van der Waals surface area contributed by atoms with Crippen molar-refractivity contribution in [2.75, 3.05) is 13.1 Å². The van der Waals surface area contributed by atoms with Crippen LogP contribution in [0.3, 0.4) is 0 Å². The van der Waals surface area contributed by atoms with Crippen molar-refractivity contribution >= 4 is 11.6 Å². The number of nitro groups is 1. The third kappa shape index (κ3) is 4.69. The van der Waals surface area contributed by atoms with Crippen molar-refractivity contribution in [3.05, 3.63) is 40.3 Å². The van der Waals surface area contributed by atoms with Gasteiger partial charge in [0.2, 0.25) is 17.6 Å². The molecule has 144 valence electrons. The van der Waals surface area contributed by atoms with Crippen LogP contribution in [0.4, 0.5) is 5.69 Å². The van der Waals surface area contributed by atoms with E-state index in [1.807, 2.05) is 4.90 Å². The van der Waals surface area contributed by atoms with Crippen molar-refractivity contribution in [1.82, 2.24) is 15.0 Å². The molecule has 0 N–H and O–H groups in total. The lowest BCUT2D eigenvalue weighted by Gasteiger charge is -2.31. The summed E-state index contributed by atoms with van der Waals surface area (Å²) in [6.07, 6.45) is 5.65. The van der Waals surface area contributed by atoms with Gasteiger partial charge in [0.15, 0.2) is 0 Å². The topological polar surface area (TPSA) is 102 Å². The summed E-state index contributed by atoms with van der Waals surface area (Å²) in [6, 6.07) is 6.02. The van der Waals surface area contributed by atoms with Gasteiger partial charge in [-0.15, -0.1) is 0 Å². The fourth-order valence-electron chi connectivity index (χ4n) is 3.03. The molecule has 1 aliphatic rings. The van der Waals surface area contributed by atoms with Gasteiger partial charge in [0.05, 0.1) is 4.92 Å². The van der Waals surface area contributed by atoms with Crippen LogP contribution >= 0.6 is 0 Å². The minimum Gasteiger partial charge on any atom is -0.342 e. The predicted octanol–water partition coefficient (Wildman–Crippen LogP) is 3.62. The number of nitro benzene ring substituents is 1. The molecule has 1 aromatic carbocycles.